The van der Waals surface area contributed by atoms with Gasteiger partial charge in [0.1, 0.15) is 10.4 Å². The highest BCUT2D eigenvalue weighted by Crippen LogP contribution is 2.35. The first-order valence-corrected chi connectivity index (χ1v) is 8.72. The van der Waals surface area contributed by atoms with E-state index in [9.17, 15) is 14.7 Å². The first kappa shape index (κ1) is 18.5. The largest absolute Gasteiger partial charge is 0.480 e. The molecule has 7 heteroatoms. The summed E-state index contributed by atoms with van der Waals surface area (Å²) in [6, 6.07) is 6.80. The van der Waals surface area contributed by atoms with Crippen LogP contribution in [0.4, 0.5) is 5.69 Å². The molecule has 1 N–H and O–H groups in total. The number of thiocarbonyl (C=S) groups is 1. The molecule has 0 unspecified atom stereocenters. The summed E-state index contributed by atoms with van der Waals surface area (Å²) >= 11 is 6.38. The molecule has 0 radical (unpaired) electrons. The normalized spacial score (nSPS) is 17.7. The van der Waals surface area contributed by atoms with E-state index < -0.39 is 12.0 Å². The van der Waals surface area contributed by atoms with Crippen molar-refractivity contribution in [2.75, 3.05) is 19.0 Å². The van der Waals surface area contributed by atoms with Crippen molar-refractivity contribution in [2.45, 2.75) is 19.9 Å². The van der Waals surface area contributed by atoms with Crippen LogP contribution in [0.25, 0.3) is 6.08 Å². The number of benzene rings is 1. The number of carboxylic acids is 1. The first-order valence-electron chi connectivity index (χ1n) is 7.49. The molecule has 0 saturated carbocycles. The van der Waals surface area contributed by atoms with E-state index in [-0.39, 0.29) is 16.1 Å². The minimum absolute atomic E-state index is 0.233. The number of amides is 1. The number of rotatable bonds is 5. The smallest absolute Gasteiger partial charge is 0.327 e. The molecule has 0 bridgehead atoms. The second kappa shape index (κ2) is 7.36. The van der Waals surface area contributed by atoms with Crippen molar-refractivity contribution in [3.8, 4) is 0 Å². The van der Waals surface area contributed by atoms with Crippen LogP contribution in [0, 0.1) is 5.92 Å². The Morgan fingerprint density at radius 2 is 1.88 bits per heavy atom. The molecule has 1 atom stereocenters. The van der Waals surface area contributed by atoms with E-state index in [1.54, 1.807) is 19.9 Å². The Labute approximate surface area is 151 Å². The van der Waals surface area contributed by atoms with Crippen LogP contribution in [0.3, 0.4) is 0 Å². The molecule has 1 aliphatic heterocycles. The van der Waals surface area contributed by atoms with Gasteiger partial charge in [0.15, 0.2) is 0 Å². The average Bonchev–Trinajstić information content (AvgIpc) is 2.75. The second-order valence-corrected chi connectivity index (χ2v) is 7.74. The van der Waals surface area contributed by atoms with Gasteiger partial charge in [-0.2, -0.15) is 0 Å². The molecule has 1 aromatic carbocycles. The van der Waals surface area contributed by atoms with E-state index in [4.69, 9.17) is 12.2 Å². The minimum Gasteiger partial charge on any atom is -0.480 e. The van der Waals surface area contributed by atoms with Gasteiger partial charge in [0, 0.05) is 19.8 Å². The van der Waals surface area contributed by atoms with Crippen LogP contribution >= 0.6 is 24.0 Å². The van der Waals surface area contributed by atoms with Gasteiger partial charge < -0.3 is 10.0 Å². The summed E-state index contributed by atoms with van der Waals surface area (Å²) in [6.45, 7) is 3.53. The Kier molecular flexibility index (Phi) is 5.66. The lowest BCUT2D eigenvalue weighted by Crippen LogP contribution is -2.47. The third-order valence-corrected chi connectivity index (χ3v) is 5.02. The van der Waals surface area contributed by atoms with Gasteiger partial charge in [-0.3, -0.25) is 9.69 Å². The molecule has 2 rings (SSSR count). The van der Waals surface area contributed by atoms with E-state index >= 15 is 0 Å². The van der Waals surface area contributed by atoms with E-state index in [1.165, 1.54) is 4.90 Å². The van der Waals surface area contributed by atoms with Gasteiger partial charge in [-0.05, 0) is 29.7 Å². The van der Waals surface area contributed by atoms with Crippen molar-refractivity contribution in [3.05, 3.63) is 34.7 Å². The predicted octanol–water partition coefficient (Wildman–Crippen LogP) is 3.06. The standard InChI is InChI=1S/C17H20N2O3S2/c1-10(2)14(16(21)22)19-15(20)13(24-17(19)23)9-11-5-7-12(8-6-11)18(3)4/h5-10,14H,1-4H3,(H,21,22)/b13-9+/t14-/m1/s1. The Balaban J connectivity index is 2.29. The van der Waals surface area contributed by atoms with Crippen molar-refractivity contribution < 1.29 is 14.7 Å². The van der Waals surface area contributed by atoms with Crippen LogP contribution in [0.5, 0.6) is 0 Å². The molecule has 1 amide bonds. The molecule has 1 fully saturated rings. The molecule has 1 aromatic rings. The summed E-state index contributed by atoms with van der Waals surface area (Å²) in [5, 5.41) is 9.41. The van der Waals surface area contributed by atoms with Gasteiger partial charge in [0.05, 0.1) is 4.91 Å². The van der Waals surface area contributed by atoms with Gasteiger partial charge in [-0.15, -0.1) is 0 Å². The summed E-state index contributed by atoms with van der Waals surface area (Å²) in [4.78, 5) is 27.8. The summed E-state index contributed by atoms with van der Waals surface area (Å²) in [6.07, 6.45) is 1.75. The Morgan fingerprint density at radius 1 is 1.29 bits per heavy atom. The highest BCUT2D eigenvalue weighted by atomic mass is 32.2. The third kappa shape index (κ3) is 3.79. The molecule has 1 heterocycles. The monoisotopic (exact) mass is 364 g/mol. The second-order valence-electron chi connectivity index (χ2n) is 6.06. The van der Waals surface area contributed by atoms with E-state index in [0.29, 0.717) is 4.91 Å². The molecular formula is C17H20N2O3S2. The van der Waals surface area contributed by atoms with E-state index in [1.807, 2.05) is 43.3 Å². The molecule has 0 aliphatic carbocycles. The number of hydrogen-bond acceptors (Lipinski definition) is 5. The fourth-order valence-corrected chi connectivity index (χ4v) is 3.76. The highest BCUT2D eigenvalue weighted by Gasteiger charge is 2.41. The summed E-state index contributed by atoms with van der Waals surface area (Å²) in [5.74, 6) is -1.62. The molecule has 1 saturated heterocycles. The lowest BCUT2D eigenvalue weighted by Gasteiger charge is -2.26. The number of carbonyl (C=O) groups is 2. The van der Waals surface area contributed by atoms with Crippen LogP contribution in [0.2, 0.25) is 0 Å². The molecule has 24 heavy (non-hydrogen) atoms. The Bertz CT molecular complexity index is 696. The van der Waals surface area contributed by atoms with Crippen molar-refractivity contribution in [2.24, 2.45) is 5.92 Å². The van der Waals surface area contributed by atoms with Crippen molar-refractivity contribution in [1.82, 2.24) is 4.90 Å². The molecule has 1 aliphatic rings. The van der Waals surface area contributed by atoms with Crippen molar-refractivity contribution in [3.63, 3.8) is 0 Å². The lowest BCUT2D eigenvalue weighted by atomic mass is 10.0. The predicted molar refractivity (Wildman–Crippen MR) is 102 cm³/mol. The summed E-state index contributed by atoms with van der Waals surface area (Å²) < 4.78 is 0.289. The number of carbonyl (C=O) groups excluding carboxylic acids is 1. The topological polar surface area (TPSA) is 60.9 Å². The molecule has 0 spiro atoms. The zero-order chi connectivity index (χ0) is 18.0. The van der Waals surface area contributed by atoms with Gasteiger partial charge in [-0.1, -0.05) is 50.0 Å². The number of thioether (sulfide) groups is 1. The van der Waals surface area contributed by atoms with Crippen molar-refractivity contribution in [1.29, 1.82) is 0 Å². The molecule has 128 valence electrons. The zero-order valence-corrected chi connectivity index (χ0v) is 15.6. The zero-order valence-electron chi connectivity index (χ0n) is 14.0. The summed E-state index contributed by atoms with van der Waals surface area (Å²) in [7, 11) is 3.91. The molecular weight excluding hydrogens is 344 g/mol. The lowest BCUT2D eigenvalue weighted by molar-refractivity contribution is -0.146. The highest BCUT2D eigenvalue weighted by molar-refractivity contribution is 8.26. The Hall–Kier alpha value is -1.86. The maximum atomic E-state index is 12.6. The Morgan fingerprint density at radius 3 is 2.33 bits per heavy atom. The number of carboxylic acid groups (broad SMARTS) is 1. The fraction of sp³-hybridized carbons (Fsp3) is 0.353. The first-order chi connectivity index (χ1) is 11.2. The number of hydrogen-bond donors (Lipinski definition) is 1. The minimum atomic E-state index is -1.04. The van der Waals surface area contributed by atoms with Gasteiger partial charge >= 0.3 is 5.97 Å². The van der Waals surface area contributed by atoms with Crippen LogP contribution in [-0.2, 0) is 9.59 Å². The van der Waals surface area contributed by atoms with E-state index in [2.05, 4.69) is 0 Å². The maximum Gasteiger partial charge on any atom is 0.327 e. The quantitative estimate of drug-likeness (QED) is 0.640. The number of aliphatic carboxylic acids is 1. The van der Waals surface area contributed by atoms with Crippen molar-refractivity contribution >= 4 is 51.9 Å². The fourth-order valence-electron chi connectivity index (χ4n) is 2.43. The SMILES string of the molecule is CC(C)[C@H](C(=O)O)N1C(=O)/C(=C\c2ccc(N(C)C)cc2)SC1=S. The van der Waals surface area contributed by atoms with Crippen LogP contribution in [0.1, 0.15) is 19.4 Å². The molecule has 5 nitrogen and oxygen atoms in total. The summed E-state index contributed by atoms with van der Waals surface area (Å²) in [5.41, 5.74) is 1.93. The van der Waals surface area contributed by atoms with Gasteiger partial charge in [0.2, 0.25) is 0 Å². The van der Waals surface area contributed by atoms with Gasteiger partial charge in [0.25, 0.3) is 5.91 Å². The van der Waals surface area contributed by atoms with E-state index in [0.717, 1.165) is 23.0 Å². The van der Waals surface area contributed by atoms with Crippen LogP contribution in [0.15, 0.2) is 29.2 Å². The number of nitrogens with zero attached hydrogens (tertiary/aromatic N) is 2. The maximum absolute atomic E-state index is 12.6. The molecule has 0 aromatic heterocycles. The van der Waals surface area contributed by atoms with Crippen LogP contribution < -0.4 is 4.90 Å². The number of anilines is 1. The third-order valence-electron chi connectivity index (χ3n) is 3.69. The van der Waals surface area contributed by atoms with Crippen LogP contribution in [-0.4, -0.2) is 46.3 Å². The van der Waals surface area contributed by atoms with Gasteiger partial charge in [-0.25, -0.2) is 4.79 Å². The average molecular weight is 364 g/mol.